The first-order chi connectivity index (χ1) is 19.6. The van der Waals surface area contributed by atoms with Gasteiger partial charge in [0, 0.05) is 18.5 Å². The zero-order valence-corrected chi connectivity index (χ0v) is 25.6. The van der Waals surface area contributed by atoms with Crippen LogP contribution in [0.2, 0.25) is 0 Å². The van der Waals surface area contributed by atoms with E-state index in [1.807, 2.05) is 82.3 Å². The van der Waals surface area contributed by atoms with Crippen LogP contribution in [0.5, 0.6) is 5.75 Å². The average Bonchev–Trinajstić information content (AvgIpc) is 2.89. The van der Waals surface area contributed by atoms with Crippen LogP contribution in [0, 0.1) is 6.92 Å². The summed E-state index contributed by atoms with van der Waals surface area (Å²) in [6, 6.07) is 21.5. The van der Waals surface area contributed by atoms with Crippen LogP contribution in [0.15, 0.2) is 78.9 Å². The van der Waals surface area contributed by atoms with Gasteiger partial charge in [-0.1, -0.05) is 72.3 Å². The Kier molecular flexibility index (Phi) is 10.4. The van der Waals surface area contributed by atoms with E-state index in [9.17, 15) is 19.5 Å². The Hall–Kier alpha value is -4.33. The van der Waals surface area contributed by atoms with Crippen molar-refractivity contribution in [1.82, 2.24) is 15.5 Å². The molecular weight excluding hydrogens is 530 g/mol. The molecule has 0 aliphatic carbocycles. The Morgan fingerprint density at radius 1 is 0.857 bits per heavy atom. The second-order valence-electron chi connectivity index (χ2n) is 12.5. The van der Waals surface area contributed by atoms with Crippen molar-refractivity contribution in [2.45, 2.75) is 84.7 Å². The van der Waals surface area contributed by atoms with E-state index in [0.29, 0.717) is 12.1 Å². The van der Waals surface area contributed by atoms with Crippen LogP contribution in [-0.4, -0.2) is 45.1 Å². The number of alkyl carbamates (subject to hydrolysis) is 1. The molecule has 0 bridgehead atoms. The quantitative estimate of drug-likeness (QED) is 0.299. The summed E-state index contributed by atoms with van der Waals surface area (Å²) in [5.41, 5.74) is 1.65. The van der Waals surface area contributed by atoms with Crippen molar-refractivity contribution in [3.8, 4) is 5.75 Å². The Balaban J connectivity index is 2.05. The van der Waals surface area contributed by atoms with Crippen LogP contribution < -0.4 is 10.6 Å². The summed E-state index contributed by atoms with van der Waals surface area (Å²) in [4.78, 5) is 43.1. The number of carbonyl (C=O) groups excluding carboxylic acids is 3. The molecule has 2 atom stereocenters. The molecule has 0 aliphatic rings. The van der Waals surface area contributed by atoms with Crippen molar-refractivity contribution in [3.63, 3.8) is 0 Å². The Morgan fingerprint density at radius 3 is 2.07 bits per heavy atom. The van der Waals surface area contributed by atoms with Gasteiger partial charge in [-0.05, 0) is 77.3 Å². The number of phenols is 1. The monoisotopic (exact) mass is 573 g/mol. The van der Waals surface area contributed by atoms with Crippen LogP contribution in [0.25, 0.3) is 0 Å². The molecular formula is C34H43N3O5. The van der Waals surface area contributed by atoms with Crippen molar-refractivity contribution >= 4 is 17.9 Å². The summed E-state index contributed by atoms with van der Waals surface area (Å²) >= 11 is 0. The number of aromatic hydroxyl groups is 1. The Bertz CT molecular complexity index is 1360. The number of hydrogen-bond donors (Lipinski definition) is 3. The van der Waals surface area contributed by atoms with Gasteiger partial charge in [0.15, 0.2) is 0 Å². The van der Waals surface area contributed by atoms with E-state index < -0.39 is 35.2 Å². The van der Waals surface area contributed by atoms with Crippen molar-refractivity contribution in [2.75, 3.05) is 0 Å². The zero-order valence-electron chi connectivity index (χ0n) is 25.6. The lowest BCUT2D eigenvalue weighted by Crippen LogP contribution is -2.59. The first kappa shape index (κ1) is 32.2. The maximum atomic E-state index is 14.6. The summed E-state index contributed by atoms with van der Waals surface area (Å²) in [7, 11) is 0. The van der Waals surface area contributed by atoms with Gasteiger partial charge < -0.3 is 25.4 Å². The normalized spacial score (nSPS) is 13.0. The number of ether oxygens (including phenoxy) is 1. The molecule has 0 saturated carbocycles. The van der Waals surface area contributed by atoms with E-state index in [1.54, 1.807) is 37.8 Å². The fourth-order valence-electron chi connectivity index (χ4n) is 4.67. The molecule has 0 spiro atoms. The summed E-state index contributed by atoms with van der Waals surface area (Å²) in [6.07, 6.45) is -0.619. The number of aryl methyl sites for hydroxylation is 1. The Morgan fingerprint density at radius 2 is 1.50 bits per heavy atom. The Labute approximate surface area is 249 Å². The molecule has 0 radical (unpaired) electrons. The van der Waals surface area contributed by atoms with Crippen LogP contribution in [-0.2, 0) is 27.3 Å². The number of hydrogen-bond acceptors (Lipinski definition) is 5. The zero-order chi connectivity index (χ0) is 31.1. The fourth-order valence-corrected chi connectivity index (χ4v) is 4.67. The lowest BCUT2D eigenvalue weighted by molar-refractivity contribution is -0.148. The predicted molar refractivity (Wildman–Crippen MR) is 164 cm³/mol. The van der Waals surface area contributed by atoms with Gasteiger partial charge in [0.2, 0.25) is 11.8 Å². The molecule has 0 saturated heterocycles. The number of rotatable bonds is 9. The minimum atomic E-state index is -1.06. The van der Waals surface area contributed by atoms with Gasteiger partial charge in [-0.25, -0.2) is 4.79 Å². The van der Waals surface area contributed by atoms with Gasteiger partial charge in [0.25, 0.3) is 0 Å². The van der Waals surface area contributed by atoms with Gasteiger partial charge in [-0.15, -0.1) is 0 Å². The number of carbonyl (C=O) groups is 3. The van der Waals surface area contributed by atoms with E-state index in [1.165, 1.54) is 12.1 Å². The van der Waals surface area contributed by atoms with Gasteiger partial charge >= 0.3 is 6.09 Å². The molecule has 3 rings (SSSR count). The molecule has 0 aliphatic heterocycles. The number of amides is 3. The van der Waals surface area contributed by atoms with Crippen LogP contribution in [0.3, 0.4) is 0 Å². The fraction of sp³-hybridized carbons (Fsp3) is 0.382. The second kappa shape index (κ2) is 13.6. The summed E-state index contributed by atoms with van der Waals surface area (Å²) in [5, 5.41) is 15.5. The maximum absolute atomic E-state index is 14.6. The van der Waals surface area contributed by atoms with E-state index >= 15 is 0 Å². The number of nitrogens with zero attached hydrogens (tertiary/aromatic N) is 1. The van der Waals surface area contributed by atoms with Crippen molar-refractivity contribution in [1.29, 1.82) is 0 Å². The van der Waals surface area contributed by atoms with E-state index in [2.05, 4.69) is 10.6 Å². The molecule has 0 aromatic heterocycles. The third-order valence-corrected chi connectivity index (χ3v) is 6.50. The summed E-state index contributed by atoms with van der Waals surface area (Å²) < 4.78 is 5.50. The topological polar surface area (TPSA) is 108 Å². The van der Waals surface area contributed by atoms with Gasteiger partial charge in [0.05, 0.1) is 0 Å². The van der Waals surface area contributed by atoms with Crippen molar-refractivity contribution < 1.29 is 24.2 Å². The van der Waals surface area contributed by atoms with Crippen LogP contribution in [0.4, 0.5) is 4.79 Å². The van der Waals surface area contributed by atoms with E-state index in [0.717, 1.165) is 16.7 Å². The highest BCUT2D eigenvalue weighted by Crippen LogP contribution is 2.31. The van der Waals surface area contributed by atoms with Crippen molar-refractivity contribution in [3.05, 3.63) is 101 Å². The number of phenolic OH excluding ortho intramolecular Hbond substituents is 1. The maximum Gasteiger partial charge on any atom is 0.408 e. The predicted octanol–water partition coefficient (Wildman–Crippen LogP) is 5.82. The van der Waals surface area contributed by atoms with E-state index in [-0.39, 0.29) is 18.1 Å². The van der Waals surface area contributed by atoms with Gasteiger partial charge in [0.1, 0.15) is 23.4 Å². The summed E-state index contributed by atoms with van der Waals surface area (Å²) in [5.74, 6) is -0.691. The highest BCUT2D eigenvalue weighted by atomic mass is 16.6. The van der Waals surface area contributed by atoms with Gasteiger partial charge in [-0.2, -0.15) is 0 Å². The molecule has 3 amide bonds. The molecule has 0 fully saturated rings. The molecule has 42 heavy (non-hydrogen) atoms. The molecule has 3 aromatic rings. The first-order valence-corrected chi connectivity index (χ1v) is 14.1. The smallest absolute Gasteiger partial charge is 0.408 e. The molecule has 2 unspecified atom stereocenters. The van der Waals surface area contributed by atoms with E-state index in [4.69, 9.17) is 4.74 Å². The van der Waals surface area contributed by atoms with Crippen LogP contribution in [0.1, 0.15) is 69.8 Å². The average molecular weight is 574 g/mol. The number of benzene rings is 3. The highest BCUT2D eigenvalue weighted by Gasteiger charge is 2.42. The molecule has 8 nitrogen and oxygen atoms in total. The third kappa shape index (κ3) is 9.36. The molecule has 8 heteroatoms. The SMILES string of the molecule is Cc1cccc(C(C(=O)NCc2ccccc2)N(C(=O)C(Cc2ccc(O)cc2)NC(=O)OC(C)(C)C)C(C)(C)C)c1. The van der Waals surface area contributed by atoms with Crippen LogP contribution >= 0.6 is 0 Å². The minimum absolute atomic E-state index is 0.0904. The van der Waals surface area contributed by atoms with Gasteiger partial charge in [-0.3, -0.25) is 9.59 Å². The summed E-state index contributed by atoms with van der Waals surface area (Å²) in [6.45, 7) is 13.1. The molecule has 0 heterocycles. The molecule has 3 N–H and O–H groups in total. The number of nitrogens with one attached hydrogen (secondary N) is 2. The van der Waals surface area contributed by atoms with Crippen molar-refractivity contribution in [2.24, 2.45) is 0 Å². The second-order valence-corrected chi connectivity index (χ2v) is 12.5. The molecule has 224 valence electrons. The lowest BCUT2D eigenvalue weighted by Gasteiger charge is -2.43. The first-order valence-electron chi connectivity index (χ1n) is 14.1. The minimum Gasteiger partial charge on any atom is -0.508 e. The lowest BCUT2D eigenvalue weighted by atomic mass is 9.93. The highest BCUT2D eigenvalue weighted by molar-refractivity contribution is 5.93. The standard InChI is InChI=1S/C34H43N3O5/c1-23-12-11-15-26(20-23)29(30(39)35-22-25-13-9-8-10-14-25)37(33(2,3)4)31(40)28(36-32(41)42-34(5,6)7)21-24-16-18-27(38)19-17-24/h8-20,28-29,38H,21-22H2,1-7H3,(H,35,39)(H,36,41). The molecule has 3 aromatic carbocycles. The third-order valence-electron chi connectivity index (χ3n) is 6.50. The largest absolute Gasteiger partial charge is 0.508 e.